The lowest BCUT2D eigenvalue weighted by Crippen LogP contribution is -2.41. The predicted octanol–water partition coefficient (Wildman–Crippen LogP) is 4.17. The van der Waals surface area contributed by atoms with Gasteiger partial charge in [0, 0.05) is 6.42 Å². The van der Waals surface area contributed by atoms with Crippen molar-refractivity contribution >= 4 is 5.97 Å². The van der Waals surface area contributed by atoms with E-state index in [1.165, 1.54) is 5.32 Å². The summed E-state index contributed by atoms with van der Waals surface area (Å²) in [5.74, 6) is -8.62. The van der Waals surface area contributed by atoms with E-state index in [-0.39, 0.29) is 0 Å². The van der Waals surface area contributed by atoms with Crippen LogP contribution in [0.5, 0.6) is 0 Å². The highest BCUT2D eigenvalue weighted by Gasteiger charge is 2.43. The van der Waals surface area contributed by atoms with E-state index < -0.39 is 61.9 Å². The van der Waals surface area contributed by atoms with Gasteiger partial charge in [0.15, 0.2) is 0 Å². The van der Waals surface area contributed by atoms with Crippen LogP contribution in [0.2, 0.25) is 0 Å². The first-order valence-electron chi connectivity index (χ1n) is 7.31. The van der Waals surface area contributed by atoms with E-state index in [1.54, 1.807) is 20.8 Å². The van der Waals surface area contributed by atoms with E-state index in [0.717, 1.165) is 0 Å². The Morgan fingerprint density at radius 3 is 1.96 bits per heavy atom. The smallest absolute Gasteiger partial charge is 0.401 e. The maximum absolute atomic E-state index is 13.5. The molecule has 1 N–H and O–H groups in total. The number of ether oxygens (including phenoxy) is 1. The summed E-state index contributed by atoms with van der Waals surface area (Å²) < 4.78 is 93.7. The normalized spacial score (nSPS) is 13.9. The van der Waals surface area contributed by atoms with Crippen molar-refractivity contribution in [2.45, 2.75) is 58.1 Å². The Kier molecular flexibility index (Phi) is 7.98. The average molecular weight is 369 g/mol. The van der Waals surface area contributed by atoms with Crippen molar-refractivity contribution in [3.05, 3.63) is 0 Å². The lowest BCUT2D eigenvalue weighted by Gasteiger charge is -2.25. The Labute approximate surface area is 135 Å². The Morgan fingerprint density at radius 2 is 1.50 bits per heavy atom. The number of carbonyl (C=O) groups excluding carboxylic acids is 1. The first-order valence-corrected chi connectivity index (χ1v) is 7.31. The standard InChI is InChI=1S/C14H22F7NO2/c1-4-11(2,3)10(23)24-6-5-12(15,16)7-13(17,18)8-22-9-14(19,20)21/h22H,4-9H2,1-3H3. The monoisotopic (exact) mass is 369 g/mol. The summed E-state index contributed by atoms with van der Waals surface area (Å²) in [5, 5.41) is 1.40. The molecule has 0 bridgehead atoms. The minimum absolute atomic E-state index is 0.408. The summed E-state index contributed by atoms with van der Waals surface area (Å²) in [7, 11) is 0. The van der Waals surface area contributed by atoms with Crippen LogP contribution in [0.3, 0.4) is 0 Å². The first-order chi connectivity index (χ1) is 10.6. The summed E-state index contributed by atoms with van der Waals surface area (Å²) in [5.41, 5.74) is -0.874. The quantitative estimate of drug-likeness (QED) is 0.464. The number of esters is 1. The number of carbonyl (C=O) groups is 1. The number of rotatable bonds is 10. The lowest BCUT2D eigenvalue weighted by atomic mass is 9.91. The van der Waals surface area contributed by atoms with Crippen LogP contribution >= 0.6 is 0 Å². The van der Waals surface area contributed by atoms with Crippen LogP contribution in [0.25, 0.3) is 0 Å². The van der Waals surface area contributed by atoms with E-state index in [2.05, 4.69) is 4.74 Å². The molecule has 0 aromatic heterocycles. The van der Waals surface area contributed by atoms with Gasteiger partial charge in [-0.3, -0.25) is 4.79 Å². The fraction of sp³-hybridized carbons (Fsp3) is 0.929. The predicted molar refractivity (Wildman–Crippen MR) is 73.1 cm³/mol. The molecule has 0 atom stereocenters. The third kappa shape index (κ3) is 9.94. The Morgan fingerprint density at radius 1 is 0.958 bits per heavy atom. The maximum Gasteiger partial charge on any atom is 0.401 e. The van der Waals surface area contributed by atoms with Gasteiger partial charge in [-0.2, -0.15) is 13.2 Å². The molecule has 0 radical (unpaired) electrons. The Balaban J connectivity index is 4.34. The largest absolute Gasteiger partial charge is 0.465 e. The molecule has 10 heteroatoms. The molecule has 0 unspecified atom stereocenters. The Hall–Kier alpha value is -1.06. The zero-order chi connectivity index (χ0) is 19.2. The van der Waals surface area contributed by atoms with E-state index in [4.69, 9.17) is 0 Å². The molecule has 0 heterocycles. The molecule has 0 aromatic carbocycles. The molecule has 3 nitrogen and oxygen atoms in total. The molecule has 0 fully saturated rings. The summed E-state index contributed by atoms with van der Waals surface area (Å²) in [6.45, 7) is 0.830. The van der Waals surface area contributed by atoms with Gasteiger partial charge in [-0.25, -0.2) is 17.6 Å². The number of hydrogen-bond donors (Lipinski definition) is 1. The van der Waals surface area contributed by atoms with Gasteiger partial charge in [-0.15, -0.1) is 0 Å². The van der Waals surface area contributed by atoms with Gasteiger partial charge in [0.05, 0.1) is 31.5 Å². The molecular formula is C14H22F7NO2. The van der Waals surface area contributed by atoms with Crippen molar-refractivity contribution in [2.24, 2.45) is 5.41 Å². The van der Waals surface area contributed by atoms with Crippen LogP contribution < -0.4 is 5.32 Å². The van der Waals surface area contributed by atoms with E-state index >= 15 is 0 Å². The van der Waals surface area contributed by atoms with Gasteiger partial charge < -0.3 is 10.1 Å². The third-order valence-electron chi connectivity index (χ3n) is 3.36. The van der Waals surface area contributed by atoms with Crippen molar-refractivity contribution in [2.75, 3.05) is 19.7 Å². The number of nitrogens with one attached hydrogen (secondary N) is 1. The number of alkyl halides is 7. The molecule has 0 aliphatic heterocycles. The molecule has 0 amide bonds. The molecule has 0 saturated heterocycles. The lowest BCUT2D eigenvalue weighted by molar-refractivity contribution is -0.159. The van der Waals surface area contributed by atoms with Crippen LogP contribution in [0.1, 0.15) is 40.0 Å². The molecule has 0 rings (SSSR count). The first kappa shape index (κ1) is 22.9. The van der Waals surface area contributed by atoms with Gasteiger partial charge >= 0.3 is 12.1 Å². The highest BCUT2D eigenvalue weighted by atomic mass is 19.4. The van der Waals surface area contributed by atoms with Crippen molar-refractivity contribution < 1.29 is 40.3 Å². The molecule has 144 valence electrons. The highest BCUT2D eigenvalue weighted by molar-refractivity contribution is 5.75. The molecule has 0 aliphatic carbocycles. The van der Waals surface area contributed by atoms with Crippen LogP contribution in [0, 0.1) is 5.41 Å². The zero-order valence-electron chi connectivity index (χ0n) is 13.7. The molecule has 0 saturated carbocycles. The average Bonchev–Trinajstić information content (AvgIpc) is 2.34. The van der Waals surface area contributed by atoms with E-state index in [1.807, 2.05) is 0 Å². The summed E-state index contributed by atoms with van der Waals surface area (Å²) in [6.07, 6.45) is -7.36. The van der Waals surface area contributed by atoms with Crippen molar-refractivity contribution in [1.29, 1.82) is 0 Å². The second-order valence-corrected chi connectivity index (χ2v) is 6.23. The highest BCUT2D eigenvalue weighted by Crippen LogP contribution is 2.33. The van der Waals surface area contributed by atoms with E-state index in [0.29, 0.717) is 6.42 Å². The van der Waals surface area contributed by atoms with E-state index in [9.17, 15) is 35.5 Å². The molecule has 0 spiro atoms. The van der Waals surface area contributed by atoms with Gasteiger partial charge in [0.25, 0.3) is 11.8 Å². The van der Waals surface area contributed by atoms with Gasteiger partial charge in [-0.1, -0.05) is 6.92 Å². The van der Waals surface area contributed by atoms with Gasteiger partial charge in [0.2, 0.25) is 0 Å². The molecule has 0 aliphatic rings. The topological polar surface area (TPSA) is 38.3 Å². The minimum atomic E-state index is -4.71. The summed E-state index contributed by atoms with van der Waals surface area (Å²) >= 11 is 0. The summed E-state index contributed by atoms with van der Waals surface area (Å²) in [6, 6.07) is 0. The van der Waals surface area contributed by atoms with Gasteiger partial charge in [-0.05, 0) is 20.3 Å². The minimum Gasteiger partial charge on any atom is -0.465 e. The number of halogens is 7. The van der Waals surface area contributed by atoms with Crippen molar-refractivity contribution in [3.63, 3.8) is 0 Å². The van der Waals surface area contributed by atoms with Crippen molar-refractivity contribution in [3.8, 4) is 0 Å². The molecule has 0 aromatic rings. The van der Waals surface area contributed by atoms with Crippen LogP contribution in [0.15, 0.2) is 0 Å². The molecule has 24 heavy (non-hydrogen) atoms. The molecular weight excluding hydrogens is 347 g/mol. The second-order valence-electron chi connectivity index (χ2n) is 6.23. The van der Waals surface area contributed by atoms with Crippen LogP contribution in [-0.4, -0.2) is 43.7 Å². The van der Waals surface area contributed by atoms with Crippen LogP contribution in [-0.2, 0) is 9.53 Å². The maximum atomic E-state index is 13.5. The fourth-order valence-corrected chi connectivity index (χ4v) is 1.55. The zero-order valence-corrected chi connectivity index (χ0v) is 13.7. The Bertz CT molecular complexity index is 408. The number of hydrogen-bond acceptors (Lipinski definition) is 3. The van der Waals surface area contributed by atoms with Crippen molar-refractivity contribution in [1.82, 2.24) is 5.32 Å². The fourth-order valence-electron chi connectivity index (χ4n) is 1.55. The summed E-state index contributed by atoms with van der Waals surface area (Å²) in [4.78, 5) is 11.6. The van der Waals surface area contributed by atoms with Gasteiger partial charge in [0.1, 0.15) is 0 Å². The third-order valence-corrected chi connectivity index (χ3v) is 3.36. The van der Waals surface area contributed by atoms with Crippen LogP contribution in [0.4, 0.5) is 30.7 Å². The SMILES string of the molecule is CCC(C)(C)C(=O)OCCC(F)(F)CC(F)(F)CNCC(F)(F)F. The second kappa shape index (κ2) is 8.35.